The Morgan fingerprint density at radius 3 is 2.67 bits per heavy atom. The third-order valence-electron chi connectivity index (χ3n) is 1.77. The third-order valence-corrected chi connectivity index (χ3v) is 1.77. The van der Waals surface area contributed by atoms with Gasteiger partial charge in [-0.3, -0.25) is 4.79 Å². The molecule has 0 bridgehead atoms. The Kier molecular flexibility index (Phi) is 6.76. The maximum Gasteiger partial charge on any atom is 0.220 e. The highest BCUT2D eigenvalue weighted by Crippen LogP contribution is 1.98. The number of hydrogen-bond donors (Lipinski definition) is 2. The summed E-state index contributed by atoms with van der Waals surface area (Å²) in [6.07, 6.45) is 3.90. The third kappa shape index (κ3) is 6.16. The first-order chi connectivity index (χ1) is 5.70. The zero-order chi connectivity index (χ0) is 9.40. The molecule has 0 aromatic heterocycles. The fourth-order valence-corrected chi connectivity index (χ4v) is 0.941. The molecular weight excluding hydrogens is 152 g/mol. The van der Waals surface area contributed by atoms with Crippen molar-refractivity contribution >= 4 is 5.91 Å². The lowest BCUT2D eigenvalue weighted by Crippen LogP contribution is -2.37. The summed E-state index contributed by atoms with van der Waals surface area (Å²) in [6, 6.07) is 0.110. The monoisotopic (exact) mass is 172 g/mol. The van der Waals surface area contributed by atoms with Crippen LogP contribution in [0.25, 0.3) is 0 Å². The van der Waals surface area contributed by atoms with Crippen LogP contribution in [0.1, 0.15) is 39.5 Å². The predicted octanol–water partition coefficient (Wildman–Crippen LogP) is 1.03. The fraction of sp³-hybridized carbons (Fsp3) is 0.889. The van der Waals surface area contributed by atoms with Gasteiger partial charge in [-0.05, 0) is 13.3 Å². The summed E-state index contributed by atoms with van der Waals surface area (Å²) < 4.78 is 0. The van der Waals surface area contributed by atoms with Gasteiger partial charge in [-0.1, -0.05) is 19.8 Å². The number of carbonyl (C=O) groups excluding carboxylic acids is 1. The zero-order valence-electron chi connectivity index (χ0n) is 8.10. The molecule has 0 fully saturated rings. The van der Waals surface area contributed by atoms with Crippen molar-refractivity contribution in [1.82, 2.24) is 5.32 Å². The molecule has 3 N–H and O–H groups in total. The Morgan fingerprint density at radius 2 is 2.17 bits per heavy atom. The molecule has 0 saturated heterocycles. The number of nitrogens with two attached hydrogens (primary N) is 1. The molecule has 0 spiro atoms. The molecule has 72 valence electrons. The molecule has 0 aliphatic carbocycles. The van der Waals surface area contributed by atoms with E-state index in [4.69, 9.17) is 5.73 Å². The summed E-state index contributed by atoms with van der Waals surface area (Å²) in [5.74, 6) is 0.126. The van der Waals surface area contributed by atoms with Gasteiger partial charge < -0.3 is 11.1 Å². The van der Waals surface area contributed by atoms with Gasteiger partial charge in [0, 0.05) is 19.0 Å². The molecule has 0 aromatic rings. The minimum Gasteiger partial charge on any atom is -0.352 e. The van der Waals surface area contributed by atoms with E-state index in [2.05, 4.69) is 12.2 Å². The number of carbonyl (C=O) groups is 1. The number of hydrogen-bond acceptors (Lipinski definition) is 2. The lowest BCUT2D eigenvalue weighted by molar-refractivity contribution is -0.121. The number of unbranched alkanes of at least 4 members (excludes halogenated alkanes) is 2. The van der Waals surface area contributed by atoms with Crippen LogP contribution >= 0.6 is 0 Å². The van der Waals surface area contributed by atoms with Crippen LogP contribution in [0.5, 0.6) is 0 Å². The van der Waals surface area contributed by atoms with Gasteiger partial charge in [0.1, 0.15) is 0 Å². The van der Waals surface area contributed by atoms with Crippen LogP contribution in [-0.4, -0.2) is 18.5 Å². The van der Waals surface area contributed by atoms with E-state index in [1.165, 1.54) is 0 Å². The maximum atomic E-state index is 11.1. The normalized spacial score (nSPS) is 12.6. The molecule has 0 aliphatic rings. The van der Waals surface area contributed by atoms with Crippen molar-refractivity contribution in [2.24, 2.45) is 5.73 Å². The molecule has 0 radical (unpaired) electrons. The van der Waals surface area contributed by atoms with E-state index in [9.17, 15) is 4.79 Å². The molecule has 1 amide bonds. The second-order valence-electron chi connectivity index (χ2n) is 3.16. The standard InChI is InChI=1S/C9H20N2O/c1-3-4-5-6-9(12)11-8(2)7-10/h8H,3-7,10H2,1-2H3,(H,11,12). The summed E-state index contributed by atoms with van der Waals surface area (Å²) in [5, 5.41) is 2.82. The zero-order valence-corrected chi connectivity index (χ0v) is 8.10. The van der Waals surface area contributed by atoms with E-state index in [1.54, 1.807) is 0 Å². The van der Waals surface area contributed by atoms with Gasteiger partial charge in [-0.25, -0.2) is 0 Å². The second-order valence-corrected chi connectivity index (χ2v) is 3.16. The summed E-state index contributed by atoms with van der Waals surface area (Å²) in [7, 11) is 0. The van der Waals surface area contributed by atoms with E-state index in [0.29, 0.717) is 13.0 Å². The quantitative estimate of drug-likeness (QED) is 0.588. The first-order valence-corrected chi connectivity index (χ1v) is 4.70. The van der Waals surface area contributed by atoms with Crippen molar-refractivity contribution in [3.63, 3.8) is 0 Å². The lowest BCUT2D eigenvalue weighted by Gasteiger charge is -2.10. The Hall–Kier alpha value is -0.570. The van der Waals surface area contributed by atoms with Gasteiger partial charge in [0.05, 0.1) is 0 Å². The molecule has 0 aromatic carbocycles. The maximum absolute atomic E-state index is 11.1. The molecular formula is C9H20N2O. The Bertz CT molecular complexity index is 126. The summed E-state index contributed by atoms with van der Waals surface area (Å²) in [5.41, 5.74) is 5.36. The predicted molar refractivity (Wildman–Crippen MR) is 50.8 cm³/mol. The van der Waals surface area contributed by atoms with Crippen LogP contribution in [0.4, 0.5) is 0 Å². The van der Waals surface area contributed by atoms with Crippen LogP contribution in [0.3, 0.4) is 0 Å². The highest BCUT2D eigenvalue weighted by Gasteiger charge is 2.03. The SMILES string of the molecule is CCCCCC(=O)NC(C)CN. The van der Waals surface area contributed by atoms with Crippen LogP contribution in [-0.2, 0) is 4.79 Å². The first-order valence-electron chi connectivity index (χ1n) is 4.70. The van der Waals surface area contributed by atoms with Crippen molar-refractivity contribution in [1.29, 1.82) is 0 Å². The van der Waals surface area contributed by atoms with Crippen LogP contribution in [0, 0.1) is 0 Å². The van der Waals surface area contributed by atoms with Crippen molar-refractivity contribution in [2.75, 3.05) is 6.54 Å². The summed E-state index contributed by atoms with van der Waals surface area (Å²) >= 11 is 0. The Labute approximate surface area is 74.7 Å². The average Bonchev–Trinajstić information content (AvgIpc) is 2.05. The molecule has 1 atom stereocenters. The smallest absolute Gasteiger partial charge is 0.220 e. The molecule has 0 saturated carbocycles. The van der Waals surface area contributed by atoms with Crippen molar-refractivity contribution < 1.29 is 4.79 Å². The van der Waals surface area contributed by atoms with Gasteiger partial charge >= 0.3 is 0 Å². The van der Waals surface area contributed by atoms with Gasteiger partial charge in [-0.2, -0.15) is 0 Å². The number of nitrogens with one attached hydrogen (secondary N) is 1. The van der Waals surface area contributed by atoms with Crippen molar-refractivity contribution in [3.05, 3.63) is 0 Å². The lowest BCUT2D eigenvalue weighted by atomic mass is 10.2. The minimum atomic E-state index is 0.110. The summed E-state index contributed by atoms with van der Waals surface area (Å²) in [4.78, 5) is 11.1. The van der Waals surface area contributed by atoms with Crippen molar-refractivity contribution in [3.8, 4) is 0 Å². The van der Waals surface area contributed by atoms with Crippen LogP contribution in [0.2, 0.25) is 0 Å². The molecule has 0 aliphatic heterocycles. The van der Waals surface area contributed by atoms with Crippen LogP contribution in [0.15, 0.2) is 0 Å². The van der Waals surface area contributed by atoms with E-state index in [0.717, 1.165) is 19.3 Å². The summed E-state index contributed by atoms with van der Waals surface area (Å²) in [6.45, 7) is 4.55. The average molecular weight is 172 g/mol. The van der Waals surface area contributed by atoms with E-state index >= 15 is 0 Å². The minimum absolute atomic E-state index is 0.110. The van der Waals surface area contributed by atoms with E-state index < -0.39 is 0 Å². The molecule has 3 heteroatoms. The Balaban J connectivity index is 3.33. The van der Waals surface area contributed by atoms with Crippen LogP contribution < -0.4 is 11.1 Å². The number of rotatable bonds is 6. The van der Waals surface area contributed by atoms with E-state index in [1.807, 2.05) is 6.92 Å². The van der Waals surface area contributed by atoms with Crippen molar-refractivity contribution in [2.45, 2.75) is 45.6 Å². The first kappa shape index (κ1) is 11.4. The van der Waals surface area contributed by atoms with Gasteiger partial charge in [0.15, 0.2) is 0 Å². The molecule has 3 nitrogen and oxygen atoms in total. The molecule has 0 rings (SSSR count). The van der Waals surface area contributed by atoms with Gasteiger partial charge in [-0.15, -0.1) is 0 Å². The second kappa shape index (κ2) is 7.10. The molecule has 1 unspecified atom stereocenters. The van der Waals surface area contributed by atoms with Gasteiger partial charge in [0.25, 0.3) is 0 Å². The fourth-order valence-electron chi connectivity index (χ4n) is 0.941. The largest absolute Gasteiger partial charge is 0.352 e. The molecule has 0 heterocycles. The van der Waals surface area contributed by atoms with Gasteiger partial charge in [0.2, 0.25) is 5.91 Å². The van der Waals surface area contributed by atoms with E-state index in [-0.39, 0.29) is 11.9 Å². The highest BCUT2D eigenvalue weighted by atomic mass is 16.1. The Morgan fingerprint density at radius 1 is 1.50 bits per heavy atom. The number of amides is 1. The highest BCUT2D eigenvalue weighted by molar-refractivity contribution is 5.76. The topological polar surface area (TPSA) is 55.1 Å². The molecule has 12 heavy (non-hydrogen) atoms.